The van der Waals surface area contributed by atoms with Gasteiger partial charge in [-0.2, -0.15) is 18.2 Å². The molecule has 16 heavy (non-hydrogen) atoms. The number of nitrogens with zero attached hydrogens (tertiary/aromatic N) is 2. The van der Waals surface area contributed by atoms with Crippen molar-refractivity contribution >= 4 is 5.84 Å². The van der Waals surface area contributed by atoms with Crippen molar-refractivity contribution in [3.63, 3.8) is 0 Å². The highest BCUT2D eigenvalue weighted by Crippen LogP contribution is 2.29. The summed E-state index contributed by atoms with van der Waals surface area (Å²) < 4.78 is 43.3. The summed E-state index contributed by atoms with van der Waals surface area (Å²) in [4.78, 5) is 14.9. The lowest BCUT2D eigenvalue weighted by molar-refractivity contribution is -0.141. The van der Waals surface area contributed by atoms with E-state index in [1.165, 1.54) is 6.26 Å². The maximum absolute atomic E-state index is 12.5. The smallest absolute Gasteiger partial charge is 0.431 e. The number of halogens is 3. The molecule has 0 amide bonds. The minimum absolute atomic E-state index is 0.347. The quantitative estimate of drug-likeness (QED) is 0.697. The summed E-state index contributed by atoms with van der Waals surface area (Å²) in [5, 5.41) is 0. The van der Waals surface area contributed by atoms with Crippen LogP contribution >= 0.6 is 0 Å². The van der Waals surface area contributed by atoms with Crippen molar-refractivity contribution in [2.75, 3.05) is 0 Å². The Balaban J connectivity index is 2.92. The highest BCUT2D eigenvalue weighted by molar-refractivity contribution is 5.33. The van der Waals surface area contributed by atoms with Crippen molar-refractivity contribution in [1.82, 2.24) is 9.38 Å². The number of aryl methyl sites for hydroxylation is 1. The average Bonchev–Trinajstić information content (AvgIpc) is 2.52. The number of fused-ring (bicyclic) bond motifs is 1. The Morgan fingerprint density at radius 1 is 1.38 bits per heavy atom. The number of hydrogen-bond acceptors (Lipinski definition) is 3. The molecule has 0 N–H and O–H groups in total. The molecule has 0 aliphatic carbocycles. The Hall–Kier alpha value is -1.79. The van der Waals surface area contributed by atoms with Crippen LogP contribution in [0.1, 0.15) is 17.0 Å². The molecule has 7 heteroatoms. The molecule has 0 aliphatic rings. The Bertz CT molecular complexity index is 609. The first-order chi connectivity index (χ1) is 7.32. The second-order valence-corrected chi connectivity index (χ2v) is 3.38. The van der Waals surface area contributed by atoms with Crippen LogP contribution in [-0.4, -0.2) is 9.38 Å². The number of hydrogen-bond donors (Lipinski definition) is 0. The van der Waals surface area contributed by atoms with E-state index in [-0.39, 0.29) is 5.84 Å². The van der Waals surface area contributed by atoms with E-state index >= 15 is 0 Å². The largest absolute Gasteiger partial charge is 0.434 e. The van der Waals surface area contributed by atoms with Crippen LogP contribution in [-0.2, 0) is 6.18 Å². The molecule has 0 saturated carbocycles. The minimum Gasteiger partial charge on any atom is -0.431 e. The SMILES string of the molecule is Cc1c(C(F)(F)F)nc2occ(C)n2c1=O. The minimum atomic E-state index is -4.65. The molecular formula is C9H7F3N2O2. The van der Waals surface area contributed by atoms with Crippen molar-refractivity contribution in [3.05, 3.63) is 33.6 Å². The third-order valence-electron chi connectivity index (χ3n) is 2.23. The standard InChI is InChI=1S/C9H7F3N2O2/c1-4-3-16-8-13-6(9(10,11)12)5(2)7(15)14(4)8/h3H,1-2H3. The van der Waals surface area contributed by atoms with Crippen LogP contribution in [0, 0.1) is 13.8 Å². The van der Waals surface area contributed by atoms with Crippen LogP contribution in [0.25, 0.3) is 5.84 Å². The fourth-order valence-corrected chi connectivity index (χ4v) is 1.44. The van der Waals surface area contributed by atoms with Gasteiger partial charge in [-0.15, -0.1) is 0 Å². The Morgan fingerprint density at radius 2 is 2.00 bits per heavy atom. The van der Waals surface area contributed by atoms with E-state index in [0.29, 0.717) is 5.69 Å². The van der Waals surface area contributed by atoms with E-state index < -0.39 is 23.0 Å². The fraction of sp³-hybridized carbons (Fsp3) is 0.333. The topological polar surface area (TPSA) is 47.5 Å². The summed E-state index contributed by atoms with van der Waals surface area (Å²) in [6.45, 7) is 2.64. The molecule has 0 aromatic carbocycles. The van der Waals surface area contributed by atoms with Crippen LogP contribution in [0.5, 0.6) is 0 Å². The molecule has 2 heterocycles. The molecule has 2 rings (SSSR count). The Kier molecular flexibility index (Phi) is 2.08. The van der Waals surface area contributed by atoms with Crippen molar-refractivity contribution in [3.8, 4) is 0 Å². The van der Waals surface area contributed by atoms with Gasteiger partial charge in [-0.25, -0.2) is 4.40 Å². The number of rotatable bonds is 0. The summed E-state index contributed by atoms with van der Waals surface area (Å²) in [6, 6.07) is 0. The maximum Gasteiger partial charge on any atom is 0.434 e. The summed E-state index contributed by atoms with van der Waals surface area (Å²) in [5.41, 5.74) is -1.99. The summed E-state index contributed by atoms with van der Waals surface area (Å²) >= 11 is 0. The van der Waals surface area contributed by atoms with Gasteiger partial charge >= 0.3 is 12.0 Å². The third kappa shape index (κ3) is 1.39. The molecule has 0 spiro atoms. The zero-order valence-corrected chi connectivity index (χ0v) is 8.42. The van der Waals surface area contributed by atoms with Crippen LogP contribution in [0.3, 0.4) is 0 Å². The molecule has 2 aromatic heterocycles. The fourth-order valence-electron chi connectivity index (χ4n) is 1.44. The van der Waals surface area contributed by atoms with Gasteiger partial charge in [-0.1, -0.05) is 0 Å². The van der Waals surface area contributed by atoms with Crippen LogP contribution in [0.2, 0.25) is 0 Å². The lowest BCUT2D eigenvalue weighted by Gasteiger charge is -2.07. The predicted octanol–water partition coefficient (Wildman–Crippen LogP) is 1.92. The highest BCUT2D eigenvalue weighted by Gasteiger charge is 2.36. The van der Waals surface area contributed by atoms with Gasteiger partial charge in [0.05, 0.1) is 5.69 Å². The van der Waals surface area contributed by atoms with E-state index in [0.717, 1.165) is 11.3 Å². The second-order valence-electron chi connectivity index (χ2n) is 3.38. The van der Waals surface area contributed by atoms with Gasteiger partial charge in [0.25, 0.3) is 5.56 Å². The molecule has 86 valence electrons. The zero-order valence-electron chi connectivity index (χ0n) is 8.42. The number of aromatic nitrogens is 2. The summed E-state index contributed by atoms with van der Waals surface area (Å²) in [6.07, 6.45) is -3.47. The van der Waals surface area contributed by atoms with Crippen molar-refractivity contribution in [2.24, 2.45) is 0 Å². The van der Waals surface area contributed by atoms with E-state index in [1.807, 2.05) is 0 Å². The Labute approximate surface area is 87.3 Å². The van der Waals surface area contributed by atoms with Crippen LogP contribution in [0.15, 0.2) is 15.5 Å². The van der Waals surface area contributed by atoms with Gasteiger partial charge in [-0.3, -0.25) is 4.79 Å². The first-order valence-corrected chi connectivity index (χ1v) is 4.37. The lowest BCUT2D eigenvalue weighted by atomic mass is 10.2. The van der Waals surface area contributed by atoms with E-state index in [9.17, 15) is 18.0 Å². The predicted molar refractivity (Wildman–Crippen MR) is 48.2 cm³/mol. The van der Waals surface area contributed by atoms with Crippen LogP contribution in [0.4, 0.5) is 13.2 Å². The molecule has 0 fully saturated rings. The first kappa shape index (κ1) is 10.7. The number of oxazole rings is 1. The van der Waals surface area contributed by atoms with E-state index in [1.54, 1.807) is 6.92 Å². The molecule has 4 nitrogen and oxygen atoms in total. The van der Waals surface area contributed by atoms with Crippen molar-refractivity contribution < 1.29 is 17.6 Å². The third-order valence-corrected chi connectivity index (χ3v) is 2.23. The highest BCUT2D eigenvalue weighted by atomic mass is 19.4. The second kappa shape index (κ2) is 3.10. The van der Waals surface area contributed by atoms with Gasteiger partial charge in [0, 0.05) is 5.56 Å². The normalized spacial score (nSPS) is 12.3. The van der Waals surface area contributed by atoms with Crippen molar-refractivity contribution in [2.45, 2.75) is 20.0 Å². The molecule has 0 atom stereocenters. The zero-order chi connectivity index (χ0) is 12.1. The maximum atomic E-state index is 12.5. The van der Waals surface area contributed by atoms with Gasteiger partial charge in [0.1, 0.15) is 6.26 Å². The molecule has 2 aromatic rings. The molecular weight excluding hydrogens is 225 g/mol. The van der Waals surface area contributed by atoms with Gasteiger partial charge in [-0.05, 0) is 13.8 Å². The van der Waals surface area contributed by atoms with E-state index in [2.05, 4.69) is 4.98 Å². The van der Waals surface area contributed by atoms with Gasteiger partial charge in [0.15, 0.2) is 5.69 Å². The van der Waals surface area contributed by atoms with E-state index in [4.69, 9.17) is 4.42 Å². The van der Waals surface area contributed by atoms with Crippen LogP contribution < -0.4 is 5.56 Å². The number of alkyl halides is 3. The molecule has 0 saturated heterocycles. The average molecular weight is 232 g/mol. The molecule has 0 aliphatic heterocycles. The first-order valence-electron chi connectivity index (χ1n) is 4.37. The Morgan fingerprint density at radius 3 is 2.56 bits per heavy atom. The molecule has 0 bridgehead atoms. The van der Waals surface area contributed by atoms with Gasteiger partial charge < -0.3 is 4.42 Å². The summed E-state index contributed by atoms with van der Waals surface area (Å²) in [7, 11) is 0. The summed E-state index contributed by atoms with van der Waals surface area (Å²) in [5.74, 6) is -0.347. The monoisotopic (exact) mass is 232 g/mol. The van der Waals surface area contributed by atoms with Gasteiger partial charge in [0.2, 0.25) is 0 Å². The van der Waals surface area contributed by atoms with Crippen molar-refractivity contribution in [1.29, 1.82) is 0 Å². The molecule has 0 unspecified atom stereocenters. The lowest BCUT2D eigenvalue weighted by Crippen LogP contribution is -2.24. The molecule has 0 radical (unpaired) electrons.